The molecule has 13 rings (SSSR count). The third-order valence-corrected chi connectivity index (χ3v) is 13.3. The van der Waals surface area contributed by atoms with E-state index in [-0.39, 0.29) is 0 Å². The van der Waals surface area contributed by atoms with E-state index in [4.69, 9.17) is 0 Å². The summed E-state index contributed by atoms with van der Waals surface area (Å²) < 4.78 is 4.94. The van der Waals surface area contributed by atoms with Crippen molar-refractivity contribution in [1.29, 1.82) is 0 Å². The van der Waals surface area contributed by atoms with E-state index in [0.717, 1.165) is 11.4 Å². The second-order valence-electron chi connectivity index (χ2n) is 16.8. The van der Waals surface area contributed by atoms with Crippen LogP contribution in [0.3, 0.4) is 0 Å². The lowest BCUT2D eigenvalue weighted by Crippen LogP contribution is -1.99. The van der Waals surface area contributed by atoms with Gasteiger partial charge in [0.15, 0.2) is 0 Å². The summed E-state index contributed by atoms with van der Waals surface area (Å²) in [6.45, 7) is 0. The zero-order valence-corrected chi connectivity index (χ0v) is 35.0. The minimum Gasteiger partial charge on any atom is -0.309 e. The van der Waals surface area contributed by atoms with Crippen LogP contribution in [0, 0.1) is 0 Å². The van der Waals surface area contributed by atoms with E-state index in [0.29, 0.717) is 0 Å². The molecule has 0 saturated heterocycles. The summed E-state index contributed by atoms with van der Waals surface area (Å²) in [5.74, 6) is 0. The lowest BCUT2D eigenvalue weighted by molar-refractivity contribution is 1.18. The molecule has 13 aromatic rings. The number of rotatable bonds is 6. The lowest BCUT2D eigenvalue weighted by Gasteiger charge is -2.18. The lowest BCUT2D eigenvalue weighted by atomic mass is 9.92. The molecule has 0 unspecified atom stereocenters. The van der Waals surface area contributed by atoms with Gasteiger partial charge in [-0.15, -0.1) is 0 Å². The minimum atomic E-state index is 1.14. The van der Waals surface area contributed by atoms with Crippen molar-refractivity contribution in [2.75, 3.05) is 0 Å². The van der Waals surface area contributed by atoms with E-state index in [1.807, 2.05) is 0 Å². The minimum absolute atomic E-state index is 1.14. The molecule has 298 valence electrons. The number of fused-ring (bicyclic) bond motifs is 8. The van der Waals surface area contributed by atoms with Crippen molar-refractivity contribution >= 4 is 65.2 Å². The maximum absolute atomic E-state index is 2.50. The Morgan fingerprint density at radius 2 is 0.672 bits per heavy atom. The van der Waals surface area contributed by atoms with Gasteiger partial charge in [0, 0.05) is 38.4 Å². The van der Waals surface area contributed by atoms with Crippen LogP contribution in [0.4, 0.5) is 0 Å². The molecule has 0 aliphatic heterocycles. The topological polar surface area (TPSA) is 9.86 Å². The second-order valence-corrected chi connectivity index (χ2v) is 16.8. The molecule has 2 aromatic heterocycles. The van der Waals surface area contributed by atoms with Crippen LogP contribution in [0.5, 0.6) is 0 Å². The molecule has 64 heavy (non-hydrogen) atoms. The van der Waals surface area contributed by atoms with Crippen LogP contribution in [0.1, 0.15) is 0 Å². The molecule has 2 heterocycles. The number of benzene rings is 11. The maximum atomic E-state index is 2.50. The van der Waals surface area contributed by atoms with E-state index in [2.05, 4.69) is 252 Å². The summed E-state index contributed by atoms with van der Waals surface area (Å²) in [5, 5.41) is 9.94. The molecule has 11 aromatic carbocycles. The molecule has 0 spiro atoms. The Labute approximate surface area is 371 Å². The largest absolute Gasteiger partial charge is 0.309 e. The van der Waals surface area contributed by atoms with Gasteiger partial charge in [-0.25, -0.2) is 0 Å². The van der Waals surface area contributed by atoms with Gasteiger partial charge in [-0.3, -0.25) is 0 Å². The molecule has 0 aliphatic rings. The van der Waals surface area contributed by atoms with Crippen LogP contribution >= 0.6 is 0 Å². The highest BCUT2D eigenvalue weighted by Gasteiger charge is 2.22. The summed E-state index contributed by atoms with van der Waals surface area (Å²) in [7, 11) is 0. The van der Waals surface area contributed by atoms with Gasteiger partial charge in [0.05, 0.1) is 27.8 Å². The molecule has 0 atom stereocenters. The molecule has 0 aliphatic carbocycles. The molecule has 0 fully saturated rings. The van der Waals surface area contributed by atoms with E-state index < -0.39 is 0 Å². The first kappa shape index (κ1) is 36.2. The Bertz CT molecular complexity index is 3810. The van der Waals surface area contributed by atoms with Gasteiger partial charge in [-0.1, -0.05) is 194 Å². The summed E-state index contributed by atoms with van der Waals surface area (Å²) >= 11 is 0. The van der Waals surface area contributed by atoms with Crippen LogP contribution in [0.15, 0.2) is 243 Å². The van der Waals surface area contributed by atoms with Crippen molar-refractivity contribution in [2.24, 2.45) is 0 Å². The Morgan fingerprint density at radius 1 is 0.234 bits per heavy atom. The first-order valence-electron chi connectivity index (χ1n) is 22.1. The maximum Gasteiger partial charge on any atom is 0.0619 e. The first-order chi connectivity index (χ1) is 31.8. The molecule has 0 radical (unpaired) electrons. The van der Waals surface area contributed by atoms with E-state index in [1.54, 1.807) is 0 Å². The molecule has 0 N–H and O–H groups in total. The van der Waals surface area contributed by atoms with Crippen molar-refractivity contribution in [1.82, 2.24) is 9.13 Å². The molecule has 0 amide bonds. The Hall–Kier alpha value is -8.46. The van der Waals surface area contributed by atoms with Crippen molar-refractivity contribution in [2.45, 2.75) is 0 Å². The summed E-state index contributed by atoms with van der Waals surface area (Å²) in [6.07, 6.45) is 0. The third kappa shape index (κ3) is 5.59. The smallest absolute Gasteiger partial charge is 0.0619 e. The number of aromatic nitrogens is 2. The fraction of sp³-hybridized carbons (Fsp3) is 0. The van der Waals surface area contributed by atoms with Gasteiger partial charge < -0.3 is 9.13 Å². The average molecular weight is 813 g/mol. The van der Waals surface area contributed by atoms with Gasteiger partial charge in [0.1, 0.15) is 0 Å². The molecule has 0 bridgehead atoms. The van der Waals surface area contributed by atoms with Crippen molar-refractivity contribution in [3.8, 4) is 55.9 Å². The molecule has 2 nitrogen and oxygen atoms in total. The molecule has 0 saturated carbocycles. The summed E-state index contributed by atoms with van der Waals surface area (Å²) in [6, 6.07) is 89.1. The van der Waals surface area contributed by atoms with Crippen LogP contribution in [-0.2, 0) is 0 Å². The Morgan fingerprint density at radius 3 is 1.33 bits per heavy atom. The van der Waals surface area contributed by atoms with Crippen molar-refractivity contribution in [3.05, 3.63) is 243 Å². The zero-order chi connectivity index (χ0) is 42.1. The standard InChI is InChI=1S/C62H40N2/c1-2-21-45(22-3-1)63-58-33-12-11-28-53(58)55-32-16-31-54(62(55)63)51-26-9-8-25-50(51)52-27-10-13-34-59(52)64-60-37-35-43(48-29-14-19-41-17-4-6-23-46(41)48)39-56(60)57-40-44(36-38-61(57)64)49-30-15-20-42-18-5-7-24-47(42)49/h1-40H. The highest BCUT2D eigenvalue weighted by Crippen LogP contribution is 2.45. The average Bonchev–Trinajstić information content (AvgIpc) is 3.88. The fourth-order valence-electron chi connectivity index (χ4n) is 10.5. The number of hydrogen-bond donors (Lipinski definition) is 0. The molecular weight excluding hydrogens is 773 g/mol. The highest BCUT2D eigenvalue weighted by atomic mass is 15.0. The number of hydrogen-bond acceptors (Lipinski definition) is 0. The van der Waals surface area contributed by atoms with E-state index in [1.165, 1.54) is 110 Å². The van der Waals surface area contributed by atoms with Crippen molar-refractivity contribution < 1.29 is 0 Å². The summed E-state index contributed by atoms with van der Waals surface area (Å²) in [4.78, 5) is 0. The number of para-hydroxylation sites is 4. The van der Waals surface area contributed by atoms with Crippen LogP contribution < -0.4 is 0 Å². The van der Waals surface area contributed by atoms with Crippen molar-refractivity contribution in [3.63, 3.8) is 0 Å². The highest BCUT2D eigenvalue weighted by molar-refractivity contribution is 6.16. The normalized spacial score (nSPS) is 11.8. The quantitative estimate of drug-likeness (QED) is 0.158. The van der Waals surface area contributed by atoms with E-state index >= 15 is 0 Å². The zero-order valence-electron chi connectivity index (χ0n) is 35.0. The summed E-state index contributed by atoms with van der Waals surface area (Å²) in [5.41, 5.74) is 16.7. The molecule has 2 heteroatoms. The van der Waals surface area contributed by atoms with Gasteiger partial charge in [0.2, 0.25) is 0 Å². The first-order valence-corrected chi connectivity index (χ1v) is 22.1. The SMILES string of the molecule is c1ccc(-n2c3ccccc3c3cccc(-c4ccccc4-c4ccccc4-n4c5ccc(-c6cccc7ccccc67)cc5c5cc(-c6cccc7ccccc67)ccc54)c32)cc1. The Balaban J connectivity index is 1.07. The van der Waals surface area contributed by atoms with Gasteiger partial charge in [-0.05, 0) is 103 Å². The van der Waals surface area contributed by atoms with Crippen LogP contribution in [0.2, 0.25) is 0 Å². The third-order valence-electron chi connectivity index (χ3n) is 13.3. The van der Waals surface area contributed by atoms with E-state index in [9.17, 15) is 0 Å². The number of nitrogens with zero attached hydrogens (tertiary/aromatic N) is 2. The Kier molecular flexibility index (Phi) is 8.25. The van der Waals surface area contributed by atoms with Crippen LogP contribution in [-0.4, -0.2) is 9.13 Å². The van der Waals surface area contributed by atoms with Gasteiger partial charge in [-0.2, -0.15) is 0 Å². The fourth-order valence-corrected chi connectivity index (χ4v) is 10.5. The predicted molar refractivity (Wildman–Crippen MR) is 272 cm³/mol. The second kappa shape index (κ2) is 14.6. The van der Waals surface area contributed by atoms with Gasteiger partial charge in [0.25, 0.3) is 0 Å². The predicted octanol–water partition coefficient (Wildman–Crippen LogP) is 16.9. The van der Waals surface area contributed by atoms with Gasteiger partial charge >= 0.3 is 0 Å². The van der Waals surface area contributed by atoms with Crippen LogP contribution in [0.25, 0.3) is 121 Å². The monoisotopic (exact) mass is 812 g/mol. The molecular formula is C62H40N2.